The minimum Gasteiger partial charge on any atom is -0.478 e. The number of hydrogen-bond donors (Lipinski definition) is 1. The third-order valence-corrected chi connectivity index (χ3v) is 4.14. The number of carboxylic acids is 1. The molecule has 2 heteroatoms. The monoisotopic (exact) mass is 302 g/mol. The van der Waals surface area contributed by atoms with Crippen molar-refractivity contribution in [3.05, 3.63) is 83.4 Å². The number of aromatic carboxylic acids is 1. The molecule has 0 spiro atoms. The van der Waals surface area contributed by atoms with Gasteiger partial charge in [-0.1, -0.05) is 60.7 Å². The van der Waals surface area contributed by atoms with Crippen LogP contribution >= 0.6 is 0 Å². The van der Waals surface area contributed by atoms with E-state index in [1.165, 1.54) is 0 Å². The summed E-state index contributed by atoms with van der Waals surface area (Å²) in [4.78, 5) is 11.8. The van der Waals surface area contributed by atoms with E-state index in [0.29, 0.717) is 5.56 Å². The van der Waals surface area contributed by atoms with Gasteiger partial charge in [0.1, 0.15) is 0 Å². The Morgan fingerprint density at radius 2 is 1.22 bits per heavy atom. The van der Waals surface area contributed by atoms with Gasteiger partial charge in [0.25, 0.3) is 0 Å². The highest BCUT2D eigenvalue weighted by Gasteiger charge is 2.18. The second-order valence-corrected chi connectivity index (χ2v) is 5.66. The molecule has 0 aliphatic heterocycles. The van der Waals surface area contributed by atoms with Crippen LogP contribution in [0.1, 0.15) is 21.5 Å². The van der Waals surface area contributed by atoms with Crippen molar-refractivity contribution < 1.29 is 9.90 Å². The van der Waals surface area contributed by atoms with E-state index in [4.69, 9.17) is 0 Å². The lowest BCUT2D eigenvalue weighted by atomic mass is 9.87. The van der Waals surface area contributed by atoms with Crippen molar-refractivity contribution in [2.45, 2.75) is 13.8 Å². The molecule has 0 aliphatic carbocycles. The van der Waals surface area contributed by atoms with Gasteiger partial charge in [0.15, 0.2) is 0 Å². The average Bonchev–Trinajstić information content (AvgIpc) is 2.55. The van der Waals surface area contributed by atoms with Gasteiger partial charge in [-0.15, -0.1) is 0 Å². The zero-order valence-electron chi connectivity index (χ0n) is 13.2. The number of hydrogen-bond acceptors (Lipinski definition) is 1. The Hall–Kier alpha value is -2.87. The van der Waals surface area contributed by atoms with Crippen molar-refractivity contribution in [3.8, 4) is 22.3 Å². The molecule has 0 saturated heterocycles. The van der Waals surface area contributed by atoms with E-state index in [-0.39, 0.29) is 0 Å². The van der Waals surface area contributed by atoms with E-state index in [9.17, 15) is 9.90 Å². The summed E-state index contributed by atoms with van der Waals surface area (Å²) in [6, 6.07) is 21.5. The van der Waals surface area contributed by atoms with Crippen LogP contribution in [0.4, 0.5) is 0 Å². The highest BCUT2D eigenvalue weighted by molar-refractivity contribution is 6.02. The van der Waals surface area contributed by atoms with E-state index in [1.54, 1.807) is 6.07 Å². The van der Waals surface area contributed by atoms with Gasteiger partial charge in [-0.2, -0.15) is 0 Å². The van der Waals surface area contributed by atoms with E-state index in [0.717, 1.165) is 33.4 Å². The van der Waals surface area contributed by atoms with Gasteiger partial charge in [-0.25, -0.2) is 4.79 Å². The third-order valence-electron chi connectivity index (χ3n) is 4.14. The summed E-state index contributed by atoms with van der Waals surface area (Å²) in [6.45, 7) is 4.06. The normalized spacial score (nSPS) is 10.5. The van der Waals surface area contributed by atoms with Crippen LogP contribution in [0.15, 0.2) is 66.7 Å². The fraction of sp³-hybridized carbons (Fsp3) is 0.0952. The standard InChI is InChI=1S/C21H18O2/c1-14-8-3-5-10-16(14)18-12-7-13-19(21(22)23)20(18)17-11-6-4-9-15(17)2/h3-13H,1-2H3,(H,22,23). The van der Waals surface area contributed by atoms with E-state index >= 15 is 0 Å². The van der Waals surface area contributed by atoms with Crippen LogP contribution in [0.5, 0.6) is 0 Å². The smallest absolute Gasteiger partial charge is 0.336 e. The van der Waals surface area contributed by atoms with Crippen LogP contribution in [0, 0.1) is 13.8 Å². The molecule has 3 aromatic rings. The molecule has 0 heterocycles. The Bertz CT molecular complexity index is 879. The van der Waals surface area contributed by atoms with E-state index in [2.05, 4.69) is 0 Å². The number of rotatable bonds is 3. The first-order valence-corrected chi connectivity index (χ1v) is 7.58. The molecule has 0 unspecified atom stereocenters. The third kappa shape index (κ3) is 2.76. The average molecular weight is 302 g/mol. The Labute approximate surface area is 136 Å². The quantitative estimate of drug-likeness (QED) is 0.709. The van der Waals surface area contributed by atoms with Crippen LogP contribution in [0.3, 0.4) is 0 Å². The molecule has 0 bridgehead atoms. The van der Waals surface area contributed by atoms with Gasteiger partial charge in [0.05, 0.1) is 5.56 Å². The van der Waals surface area contributed by atoms with Crippen LogP contribution in [-0.4, -0.2) is 11.1 Å². The molecule has 0 aromatic heterocycles. The molecular formula is C21H18O2. The van der Waals surface area contributed by atoms with Crippen molar-refractivity contribution in [2.24, 2.45) is 0 Å². The summed E-state index contributed by atoms with van der Waals surface area (Å²) in [5, 5.41) is 9.66. The summed E-state index contributed by atoms with van der Waals surface area (Å²) < 4.78 is 0. The highest BCUT2D eigenvalue weighted by Crippen LogP contribution is 2.37. The molecule has 0 amide bonds. The first-order chi connectivity index (χ1) is 11.1. The van der Waals surface area contributed by atoms with Crippen LogP contribution in [0.2, 0.25) is 0 Å². The molecule has 2 nitrogen and oxygen atoms in total. The van der Waals surface area contributed by atoms with Crippen molar-refractivity contribution in [2.75, 3.05) is 0 Å². The number of aryl methyl sites for hydroxylation is 2. The first-order valence-electron chi connectivity index (χ1n) is 7.58. The highest BCUT2D eigenvalue weighted by atomic mass is 16.4. The second kappa shape index (κ2) is 6.09. The van der Waals surface area contributed by atoms with Gasteiger partial charge < -0.3 is 5.11 Å². The van der Waals surface area contributed by atoms with Crippen molar-refractivity contribution >= 4 is 5.97 Å². The maximum atomic E-state index is 11.8. The molecule has 0 atom stereocenters. The number of carbonyl (C=O) groups is 1. The molecule has 114 valence electrons. The Balaban J connectivity index is 2.39. The zero-order chi connectivity index (χ0) is 16.4. The maximum absolute atomic E-state index is 11.8. The number of benzene rings is 3. The summed E-state index contributed by atoms with van der Waals surface area (Å²) in [6.07, 6.45) is 0. The zero-order valence-corrected chi connectivity index (χ0v) is 13.2. The molecule has 3 rings (SSSR count). The number of carboxylic acid groups (broad SMARTS) is 1. The summed E-state index contributed by atoms with van der Waals surface area (Å²) >= 11 is 0. The predicted octanol–water partition coefficient (Wildman–Crippen LogP) is 5.34. The van der Waals surface area contributed by atoms with Crippen molar-refractivity contribution in [1.29, 1.82) is 0 Å². The van der Waals surface area contributed by atoms with Gasteiger partial charge in [0, 0.05) is 5.56 Å². The topological polar surface area (TPSA) is 37.3 Å². The summed E-state index contributed by atoms with van der Waals surface area (Å²) in [5.41, 5.74) is 6.29. The van der Waals surface area contributed by atoms with Gasteiger partial charge >= 0.3 is 5.97 Å². The van der Waals surface area contributed by atoms with Crippen molar-refractivity contribution in [1.82, 2.24) is 0 Å². The fourth-order valence-corrected chi connectivity index (χ4v) is 2.97. The van der Waals surface area contributed by atoms with Crippen LogP contribution < -0.4 is 0 Å². The van der Waals surface area contributed by atoms with Crippen LogP contribution in [-0.2, 0) is 0 Å². The molecule has 23 heavy (non-hydrogen) atoms. The van der Waals surface area contributed by atoms with Gasteiger partial charge in [-0.3, -0.25) is 0 Å². The Morgan fingerprint density at radius 1 is 0.696 bits per heavy atom. The van der Waals surface area contributed by atoms with E-state index in [1.807, 2.05) is 74.5 Å². The summed E-state index contributed by atoms with van der Waals surface area (Å²) in [5.74, 6) is -0.904. The first kappa shape index (κ1) is 15.0. The summed E-state index contributed by atoms with van der Waals surface area (Å²) in [7, 11) is 0. The minimum atomic E-state index is -0.904. The lowest BCUT2D eigenvalue weighted by Gasteiger charge is -2.16. The van der Waals surface area contributed by atoms with Gasteiger partial charge in [0.2, 0.25) is 0 Å². The Kier molecular flexibility index (Phi) is 3.98. The largest absolute Gasteiger partial charge is 0.478 e. The lowest BCUT2D eigenvalue weighted by Crippen LogP contribution is -2.02. The SMILES string of the molecule is Cc1ccccc1-c1cccc(C(=O)O)c1-c1ccccc1C. The van der Waals surface area contributed by atoms with E-state index < -0.39 is 5.97 Å². The molecule has 1 N–H and O–H groups in total. The minimum absolute atomic E-state index is 0.333. The molecule has 0 aliphatic rings. The second-order valence-electron chi connectivity index (χ2n) is 5.66. The van der Waals surface area contributed by atoms with Gasteiger partial charge in [-0.05, 0) is 47.7 Å². The molecule has 3 aromatic carbocycles. The molecule has 0 saturated carbocycles. The maximum Gasteiger partial charge on any atom is 0.336 e. The fourth-order valence-electron chi connectivity index (χ4n) is 2.97. The van der Waals surface area contributed by atoms with Crippen molar-refractivity contribution in [3.63, 3.8) is 0 Å². The molecular weight excluding hydrogens is 284 g/mol. The molecule has 0 fully saturated rings. The predicted molar refractivity (Wildman–Crippen MR) is 93.7 cm³/mol. The lowest BCUT2D eigenvalue weighted by molar-refractivity contribution is 0.0698. The Morgan fingerprint density at radius 3 is 1.78 bits per heavy atom. The molecule has 0 radical (unpaired) electrons. The van der Waals surface area contributed by atoms with Crippen LogP contribution in [0.25, 0.3) is 22.3 Å².